The molecule has 0 N–H and O–H groups in total. The van der Waals surface area contributed by atoms with Crippen LogP contribution in [0.25, 0.3) is 11.0 Å². The van der Waals surface area contributed by atoms with Crippen molar-refractivity contribution in [2.45, 2.75) is 45.2 Å². The molecule has 1 aliphatic heterocycles. The highest BCUT2D eigenvalue weighted by molar-refractivity contribution is 5.99. The third-order valence-corrected chi connectivity index (χ3v) is 6.83. The number of amides is 1. The fourth-order valence-electron chi connectivity index (χ4n) is 4.94. The number of benzene rings is 3. The Balaban J connectivity index is 1.57. The van der Waals surface area contributed by atoms with Crippen molar-refractivity contribution >= 4 is 16.9 Å². The summed E-state index contributed by atoms with van der Waals surface area (Å²) in [6, 6.07) is 21.8. The molecule has 3 aromatic carbocycles. The van der Waals surface area contributed by atoms with Crippen LogP contribution in [0.3, 0.4) is 0 Å². The number of unbranched alkanes of at least 4 members (excludes halogenated alkanes) is 3. The van der Waals surface area contributed by atoms with Gasteiger partial charge in [-0.2, -0.15) is 0 Å². The molecule has 0 saturated carbocycles. The standard InChI is InChI=1S/C31H31NO5/c1-3-4-5-11-18-36-25-17-16-22(19-26(25)35-2)28-27-29(33)23-14-9-10-15-24(23)37-30(27)31(34)32(28)20-21-12-7-6-8-13-21/h6-10,12-17,19,28H,3-5,11,18,20H2,1-2H3. The number of carbonyl (C=O) groups is 1. The van der Waals surface area contributed by atoms with E-state index in [1.54, 1.807) is 36.3 Å². The molecule has 0 bridgehead atoms. The Kier molecular flexibility index (Phi) is 7.26. The molecule has 6 heteroatoms. The number of carbonyl (C=O) groups excluding carboxylic acids is 1. The summed E-state index contributed by atoms with van der Waals surface area (Å²) in [5, 5.41) is 0.458. The predicted octanol–water partition coefficient (Wildman–Crippen LogP) is 6.51. The van der Waals surface area contributed by atoms with Crippen molar-refractivity contribution < 1.29 is 18.7 Å². The Bertz CT molecular complexity index is 1460. The van der Waals surface area contributed by atoms with Crippen LogP contribution in [0.2, 0.25) is 0 Å². The lowest BCUT2D eigenvalue weighted by Crippen LogP contribution is -2.29. The van der Waals surface area contributed by atoms with Crippen LogP contribution in [0, 0.1) is 0 Å². The van der Waals surface area contributed by atoms with E-state index in [1.807, 2.05) is 48.5 Å². The van der Waals surface area contributed by atoms with Crippen molar-refractivity contribution in [3.05, 3.63) is 105 Å². The van der Waals surface area contributed by atoms with Crippen LogP contribution in [0.1, 0.15) is 65.9 Å². The van der Waals surface area contributed by atoms with Crippen molar-refractivity contribution in [2.75, 3.05) is 13.7 Å². The second kappa shape index (κ2) is 10.9. The zero-order chi connectivity index (χ0) is 25.8. The van der Waals surface area contributed by atoms with Crippen molar-refractivity contribution in [3.8, 4) is 11.5 Å². The highest BCUT2D eigenvalue weighted by Gasteiger charge is 2.43. The van der Waals surface area contributed by atoms with E-state index < -0.39 is 6.04 Å². The Morgan fingerprint density at radius 1 is 0.892 bits per heavy atom. The molecule has 0 spiro atoms. The molecule has 0 saturated heterocycles. The van der Waals surface area contributed by atoms with E-state index in [0.29, 0.717) is 41.2 Å². The van der Waals surface area contributed by atoms with Crippen LogP contribution in [0.15, 0.2) is 82.0 Å². The average molecular weight is 498 g/mol. The lowest BCUT2D eigenvalue weighted by atomic mass is 9.97. The molecule has 1 aromatic heterocycles. The third-order valence-electron chi connectivity index (χ3n) is 6.83. The second-order valence-electron chi connectivity index (χ2n) is 9.31. The van der Waals surface area contributed by atoms with Gasteiger partial charge in [-0.25, -0.2) is 0 Å². The number of para-hydroxylation sites is 1. The van der Waals surface area contributed by atoms with E-state index in [4.69, 9.17) is 13.9 Å². The Morgan fingerprint density at radius 2 is 1.68 bits per heavy atom. The van der Waals surface area contributed by atoms with Gasteiger partial charge in [0.2, 0.25) is 5.76 Å². The molecule has 4 aromatic rings. The van der Waals surface area contributed by atoms with E-state index in [0.717, 1.165) is 24.0 Å². The fraction of sp³-hybridized carbons (Fsp3) is 0.290. The zero-order valence-electron chi connectivity index (χ0n) is 21.2. The Morgan fingerprint density at radius 3 is 2.46 bits per heavy atom. The number of nitrogens with zero attached hydrogens (tertiary/aromatic N) is 1. The summed E-state index contributed by atoms with van der Waals surface area (Å²) in [7, 11) is 1.60. The van der Waals surface area contributed by atoms with Gasteiger partial charge in [-0.3, -0.25) is 9.59 Å². The van der Waals surface area contributed by atoms with Gasteiger partial charge in [-0.15, -0.1) is 0 Å². The molecule has 1 unspecified atom stereocenters. The number of hydrogen-bond acceptors (Lipinski definition) is 5. The van der Waals surface area contributed by atoms with E-state index >= 15 is 0 Å². The molecule has 0 aliphatic carbocycles. The van der Waals surface area contributed by atoms with Gasteiger partial charge in [0.25, 0.3) is 5.91 Å². The topological polar surface area (TPSA) is 69.0 Å². The smallest absolute Gasteiger partial charge is 0.291 e. The van der Waals surface area contributed by atoms with Crippen molar-refractivity contribution in [3.63, 3.8) is 0 Å². The minimum Gasteiger partial charge on any atom is -0.493 e. The highest BCUT2D eigenvalue weighted by Crippen LogP contribution is 2.41. The highest BCUT2D eigenvalue weighted by atomic mass is 16.5. The Hall–Kier alpha value is -4.06. The normalized spacial score (nSPS) is 14.7. The van der Waals surface area contributed by atoms with Crippen LogP contribution in [0.4, 0.5) is 0 Å². The second-order valence-corrected chi connectivity index (χ2v) is 9.31. The first-order chi connectivity index (χ1) is 18.1. The van der Waals surface area contributed by atoms with Crippen molar-refractivity contribution in [1.82, 2.24) is 4.90 Å². The summed E-state index contributed by atoms with van der Waals surface area (Å²) in [6.07, 6.45) is 4.45. The van der Waals surface area contributed by atoms with Crippen LogP contribution in [-0.4, -0.2) is 24.5 Å². The number of fused-ring (bicyclic) bond motifs is 2. The third kappa shape index (κ3) is 4.84. The molecular weight excluding hydrogens is 466 g/mol. The molecule has 2 heterocycles. The maximum absolute atomic E-state index is 13.7. The van der Waals surface area contributed by atoms with Gasteiger partial charge in [-0.1, -0.05) is 74.7 Å². The van der Waals surface area contributed by atoms with E-state index in [-0.39, 0.29) is 17.1 Å². The van der Waals surface area contributed by atoms with Crippen LogP contribution in [0.5, 0.6) is 11.5 Å². The van der Waals surface area contributed by atoms with Gasteiger partial charge in [-0.05, 0) is 41.8 Å². The molecule has 1 atom stereocenters. The molecule has 5 rings (SSSR count). The number of hydrogen-bond donors (Lipinski definition) is 0. The van der Waals surface area contributed by atoms with Gasteiger partial charge >= 0.3 is 0 Å². The first kappa shape index (κ1) is 24.6. The summed E-state index contributed by atoms with van der Waals surface area (Å²) in [6.45, 7) is 3.12. The maximum Gasteiger partial charge on any atom is 0.291 e. The average Bonchev–Trinajstić information content (AvgIpc) is 3.20. The minimum absolute atomic E-state index is 0.0971. The van der Waals surface area contributed by atoms with Crippen molar-refractivity contribution in [1.29, 1.82) is 0 Å². The molecule has 1 aliphatic rings. The summed E-state index contributed by atoms with van der Waals surface area (Å²) in [4.78, 5) is 29.1. The summed E-state index contributed by atoms with van der Waals surface area (Å²) >= 11 is 0. The zero-order valence-corrected chi connectivity index (χ0v) is 21.2. The van der Waals surface area contributed by atoms with Gasteiger partial charge < -0.3 is 18.8 Å². The van der Waals surface area contributed by atoms with Crippen LogP contribution >= 0.6 is 0 Å². The van der Waals surface area contributed by atoms with Crippen LogP contribution < -0.4 is 14.9 Å². The van der Waals surface area contributed by atoms with E-state index in [1.165, 1.54) is 12.8 Å². The van der Waals surface area contributed by atoms with Gasteiger partial charge in [0.15, 0.2) is 16.9 Å². The monoisotopic (exact) mass is 497 g/mol. The fourth-order valence-corrected chi connectivity index (χ4v) is 4.94. The van der Waals surface area contributed by atoms with Gasteiger partial charge in [0, 0.05) is 6.54 Å². The van der Waals surface area contributed by atoms with Crippen molar-refractivity contribution in [2.24, 2.45) is 0 Å². The first-order valence-electron chi connectivity index (χ1n) is 12.8. The molecular formula is C31H31NO5. The largest absolute Gasteiger partial charge is 0.493 e. The van der Waals surface area contributed by atoms with E-state index in [2.05, 4.69) is 6.92 Å². The molecule has 6 nitrogen and oxygen atoms in total. The van der Waals surface area contributed by atoms with E-state index in [9.17, 15) is 9.59 Å². The Labute approximate surface area is 216 Å². The number of rotatable bonds is 10. The quantitative estimate of drug-likeness (QED) is 0.234. The minimum atomic E-state index is -0.615. The molecule has 190 valence electrons. The summed E-state index contributed by atoms with van der Waals surface area (Å²) < 4.78 is 17.7. The van der Waals surface area contributed by atoms with Gasteiger partial charge in [0.1, 0.15) is 5.58 Å². The molecule has 0 radical (unpaired) electrons. The lowest BCUT2D eigenvalue weighted by molar-refractivity contribution is 0.0714. The number of methoxy groups -OCH3 is 1. The maximum atomic E-state index is 13.7. The molecule has 37 heavy (non-hydrogen) atoms. The van der Waals surface area contributed by atoms with Gasteiger partial charge in [0.05, 0.1) is 30.7 Å². The summed E-state index contributed by atoms with van der Waals surface area (Å²) in [5.74, 6) is 1.01. The predicted molar refractivity (Wildman–Crippen MR) is 143 cm³/mol. The first-order valence-corrected chi connectivity index (χ1v) is 12.8. The SMILES string of the molecule is CCCCCCOc1ccc(C2c3c(oc4ccccc4c3=O)C(=O)N2Cc2ccccc2)cc1OC. The molecule has 0 fully saturated rings. The lowest BCUT2D eigenvalue weighted by Gasteiger charge is -2.26. The number of ether oxygens (including phenoxy) is 2. The summed E-state index contributed by atoms with van der Waals surface area (Å²) in [5.41, 5.74) is 2.30. The van der Waals surface area contributed by atoms with Crippen LogP contribution in [-0.2, 0) is 6.54 Å². The molecule has 1 amide bonds.